The number of Topliss-reactive ketones (excluding diaryl/α,β-unsaturated/α-hetero) is 2. The van der Waals surface area contributed by atoms with Crippen molar-refractivity contribution in [1.82, 2.24) is 0 Å². The fourth-order valence-electron chi connectivity index (χ4n) is 2.33. The molecule has 0 aromatic heterocycles. The number of para-hydroxylation sites is 2. The average Bonchev–Trinajstić information content (AvgIpc) is 2.60. The van der Waals surface area contributed by atoms with Gasteiger partial charge in [-0.25, -0.2) is 0 Å². The minimum atomic E-state index is -0.808. The zero-order valence-electron chi connectivity index (χ0n) is 14.4. The fourth-order valence-corrected chi connectivity index (χ4v) is 2.33. The Morgan fingerprint density at radius 3 is 1.15 bits per heavy atom. The highest BCUT2D eigenvalue weighted by atomic mass is 16.2. The Bertz CT molecular complexity index is 798. The molecular weight excluding hydrogens is 332 g/mol. The first kappa shape index (κ1) is 18.8. The molecule has 0 bridgehead atoms. The van der Waals surface area contributed by atoms with Crippen LogP contribution in [0.5, 0.6) is 0 Å². The van der Waals surface area contributed by atoms with E-state index >= 15 is 0 Å². The summed E-state index contributed by atoms with van der Waals surface area (Å²) in [4.78, 5) is 49.1. The van der Waals surface area contributed by atoms with E-state index in [2.05, 4.69) is 10.6 Å². The molecule has 0 fully saturated rings. The van der Waals surface area contributed by atoms with Gasteiger partial charge in [0.25, 0.3) is 11.8 Å². The van der Waals surface area contributed by atoms with E-state index in [-0.39, 0.29) is 0 Å². The van der Waals surface area contributed by atoms with Gasteiger partial charge < -0.3 is 10.6 Å². The third-order valence-corrected chi connectivity index (χ3v) is 3.47. The molecule has 6 heteroatoms. The van der Waals surface area contributed by atoms with Crippen LogP contribution in [-0.2, 0) is 19.2 Å². The van der Waals surface area contributed by atoms with Crippen LogP contribution in [-0.4, -0.2) is 23.4 Å². The number of ketones is 2. The Balaban J connectivity index is 2.40. The van der Waals surface area contributed by atoms with Crippen molar-refractivity contribution in [3.05, 3.63) is 71.8 Å². The van der Waals surface area contributed by atoms with E-state index in [1.54, 1.807) is 60.7 Å². The van der Waals surface area contributed by atoms with Crippen LogP contribution in [0.3, 0.4) is 0 Å². The molecular formula is C20H18N2O4. The lowest BCUT2D eigenvalue weighted by Crippen LogP contribution is -2.28. The number of hydrogen-bond acceptors (Lipinski definition) is 4. The fraction of sp³-hybridized carbons (Fsp3) is 0.100. The lowest BCUT2D eigenvalue weighted by molar-refractivity contribution is -0.123. The molecule has 0 aliphatic rings. The number of rotatable bonds is 6. The molecule has 0 unspecified atom stereocenters. The van der Waals surface area contributed by atoms with Crippen molar-refractivity contribution in [3.8, 4) is 0 Å². The smallest absolute Gasteiger partial charge is 0.260 e. The summed E-state index contributed by atoms with van der Waals surface area (Å²) in [5.41, 5.74) is -0.0604. The molecule has 0 saturated heterocycles. The van der Waals surface area contributed by atoms with Gasteiger partial charge in [-0.05, 0) is 38.1 Å². The highest BCUT2D eigenvalue weighted by molar-refractivity contribution is 6.35. The zero-order valence-corrected chi connectivity index (χ0v) is 14.4. The summed E-state index contributed by atoms with van der Waals surface area (Å²) in [7, 11) is 0. The van der Waals surface area contributed by atoms with Gasteiger partial charge in [0.1, 0.15) is 0 Å². The summed E-state index contributed by atoms with van der Waals surface area (Å²) in [6.07, 6.45) is 0. The molecule has 26 heavy (non-hydrogen) atoms. The van der Waals surface area contributed by atoms with Crippen molar-refractivity contribution in [2.75, 3.05) is 10.6 Å². The van der Waals surface area contributed by atoms with Crippen molar-refractivity contribution in [2.24, 2.45) is 0 Å². The minimum Gasteiger partial charge on any atom is -0.322 e. The molecule has 0 radical (unpaired) electrons. The number of amides is 2. The molecule has 2 aromatic carbocycles. The summed E-state index contributed by atoms with van der Waals surface area (Å²) < 4.78 is 0. The van der Waals surface area contributed by atoms with Crippen molar-refractivity contribution in [3.63, 3.8) is 0 Å². The van der Waals surface area contributed by atoms with Crippen LogP contribution in [0.25, 0.3) is 0 Å². The molecule has 0 aliphatic heterocycles. The van der Waals surface area contributed by atoms with E-state index in [1.165, 1.54) is 0 Å². The number of nitrogens with one attached hydrogen (secondary N) is 2. The maximum absolute atomic E-state index is 12.5. The van der Waals surface area contributed by atoms with Crippen molar-refractivity contribution < 1.29 is 19.2 Å². The Labute approximate surface area is 150 Å². The third kappa shape index (κ3) is 4.73. The second kappa shape index (κ2) is 8.53. The van der Waals surface area contributed by atoms with Crippen LogP contribution in [0.2, 0.25) is 0 Å². The number of benzene rings is 2. The number of carbonyl (C=O) groups excluding carboxylic acids is 4. The Hall–Kier alpha value is -3.54. The number of hydrogen-bond donors (Lipinski definition) is 2. The minimum absolute atomic E-state index is 0.447. The molecule has 0 atom stereocenters. The van der Waals surface area contributed by atoms with Crippen LogP contribution in [0.4, 0.5) is 11.4 Å². The number of anilines is 2. The summed E-state index contributed by atoms with van der Waals surface area (Å²) in [6.45, 7) is 2.28. The normalized spacial score (nSPS) is 11.2. The van der Waals surface area contributed by atoms with Gasteiger partial charge in [0, 0.05) is 11.4 Å². The van der Waals surface area contributed by atoms with Gasteiger partial charge >= 0.3 is 0 Å². The van der Waals surface area contributed by atoms with E-state index in [1.807, 2.05) is 0 Å². The van der Waals surface area contributed by atoms with Crippen LogP contribution in [0.1, 0.15) is 13.8 Å². The predicted octanol–water partition coefficient (Wildman–Crippen LogP) is 2.74. The van der Waals surface area contributed by atoms with Crippen molar-refractivity contribution >= 4 is 34.8 Å². The van der Waals surface area contributed by atoms with Gasteiger partial charge in [0.15, 0.2) is 11.6 Å². The summed E-state index contributed by atoms with van der Waals surface area (Å²) in [5.74, 6) is -2.96. The van der Waals surface area contributed by atoms with Crippen molar-refractivity contribution in [2.45, 2.75) is 13.8 Å². The van der Waals surface area contributed by atoms with Crippen LogP contribution < -0.4 is 10.6 Å². The van der Waals surface area contributed by atoms with Crippen LogP contribution in [0.15, 0.2) is 71.8 Å². The Morgan fingerprint density at radius 2 is 0.885 bits per heavy atom. The van der Waals surface area contributed by atoms with Gasteiger partial charge in [-0.3, -0.25) is 19.2 Å². The van der Waals surface area contributed by atoms with E-state index in [4.69, 9.17) is 0 Å². The first-order valence-corrected chi connectivity index (χ1v) is 7.89. The molecule has 132 valence electrons. The lowest BCUT2D eigenvalue weighted by Gasteiger charge is -2.12. The SMILES string of the molecule is CC(=O)/C(C(=O)Nc1ccccc1)=C(\C(C)=O)C(=O)Nc1ccccc1. The quantitative estimate of drug-likeness (QED) is 0.476. The summed E-state index contributed by atoms with van der Waals surface area (Å²) in [5, 5.41) is 5.06. The number of carbonyl (C=O) groups is 4. The molecule has 0 saturated carbocycles. The van der Waals surface area contributed by atoms with E-state index in [0.717, 1.165) is 13.8 Å². The largest absolute Gasteiger partial charge is 0.322 e. The highest BCUT2D eigenvalue weighted by Gasteiger charge is 2.28. The molecule has 2 rings (SSSR count). The van der Waals surface area contributed by atoms with Gasteiger partial charge in [0.05, 0.1) is 11.1 Å². The third-order valence-electron chi connectivity index (χ3n) is 3.47. The second-order valence-electron chi connectivity index (χ2n) is 5.50. The zero-order chi connectivity index (χ0) is 19.1. The average molecular weight is 350 g/mol. The molecule has 0 aliphatic carbocycles. The second-order valence-corrected chi connectivity index (χ2v) is 5.50. The monoisotopic (exact) mass is 350 g/mol. The van der Waals surface area contributed by atoms with E-state index in [9.17, 15) is 19.2 Å². The van der Waals surface area contributed by atoms with Crippen molar-refractivity contribution in [1.29, 1.82) is 0 Å². The molecule has 0 heterocycles. The maximum atomic E-state index is 12.5. The van der Waals surface area contributed by atoms with Gasteiger partial charge in [-0.15, -0.1) is 0 Å². The standard InChI is InChI=1S/C20H18N2O4/c1-13(23)17(19(25)21-15-9-5-3-6-10-15)18(14(2)24)20(26)22-16-11-7-4-8-12-16/h3-12H,1-2H3,(H,21,25)(H,22,26)/b18-17-. The Kier molecular flexibility index (Phi) is 6.16. The van der Waals surface area contributed by atoms with Gasteiger partial charge in [-0.1, -0.05) is 36.4 Å². The molecule has 0 spiro atoms. The lowest BCUT2D eigenvalue weighted by atomic mass is 9.99. The maximum Gasteiger partial charge on any atom is 0.260 e. The molecule has 6 nitrogen and oxygen atoms in total. The van der Waals surface area contributed by atoms with Crippen LogP contribution in [0, 0.1) is 0 Å². The van der Waals surface area contributed by atoms with Gasteiger partial charge in [0.2, 0.25) is 0 Å². The van der Waals surface area contributed by atoms with Crippen LogP contribution >= 0.6 is 0 Å². The van der Waals surface area contributed by atoms with E-state index in [0.29, 0.717) is 11.4 Å². The first-order valence-electron chi connectivity index (χ1n) is 7.89. The predicted molar refractivity (Wildman–Crippen MR) is 98.5 cm³/mol. The molecule has 2 N–H and O–H groups in total. The summed E-state index contributed by atoms with van der Waals surface area (Å²) >= 11 is 0. The summed E-state index contributed by atoms with van der Waals surface area (Å²) in [6, 6.07) is 16.9. The first-order chi connectivity index (χ1) is 12.4. The highest BCUT2D eigenvalue weighted by Crippen LogP contribution is 2.15. The topological polar surface area (TPSA) is 92.3 Å². The van der Waals surface area contributed by atoms with Gasteiger partial charge in [-0.2, -0.15) is 0 Å². The molecule has 2 amide bonds. The Morgan fingerprint density at radius 1 is 0.577 bits per heavy atom. The van der Waals surface area contributed by atoms with E-state index < -0.39 is 34.5 Å². The molecule has 2 aromatic rings.